The highest BCUT2D eigenvalue weighted by molar-refractivity contribution is 5.91. The van der Waals surface area contributed by atoms with Crippen molar-refractivity contribution in [2.45, 2.75) is 38.8 Å². The van der Waals surface area contributed by atoms with E-state index in [1.165, 1.54) is 12.1 Å². The van der Waals surface area contributed by atoms with Gasteiger partial charge in [0.2, 0.25) is 5.91 Å². The van der Waals surface area contributed by atoms with Crippen molar-refractivity contribution in [3.63, 3.8) is 0 Å². The molecular formula is C18H20F3N3O2. The molecule has 2 aromatic rings. The van der Waals surface area contributed by atoms with Crippen molar-refractivity contribution in [1.82, 2.24) is 9.97 Å². The Morgan fingerprint density at radius 3 is 2.35 bits per heavy atom. The number of carbonyl (C=O) groups is 1. The van der Waals surface area contributed by atoms with E-state index in [0.29, 0.717) is 17.2 Å². The van der Waals surface area contributed by atoms with Crippen molar-refractivity contribution in [3.8, 4) is 5.75 Å². The molecule has 0 bridgehead atoms. The molecule has 1 amide bonds. The molecule has 8 heteroatoms. The van der Waals surface area contributed by atoms with Gasteiger partial charge in [-0.25, -0.2) is 9.97 Å². The Kier molecular flexibility index (Phi) is 5.84. The maximum absolute atomic E-state index is 12.1. The maximum Gasteiger partial charge on any atom is 0.422 e. The molecule has 0 aliphatic heterocycles. The Bertz CT molecular complexity index is 754. The van der Waals surface area contributed by atoms with Crippen LogP contribution in [0.4, 0.5) is 19.0 Å². The lowest BCUT2D eigenvalue weighted by Gasteiger charge is -2.16. The molecule has 2 rings (SSSR count). The van der Waals surface area contributed by atoms with Crippen LogP contribution in [-0.2, 0) is 16.6 Å². The van der Waals surface area contributed by atoms with Gasteiger partial charge in [-0.15, -0.1) is 0 Å². The average Bonchev–Trinajstić information content (AvgIpc) is 2.53. The zero-order valence-electron chi connectivity index (χ0n) is 14.7. The first-order valence-electron chi connectivity index (χ1n) is 7.95. The van der Waals surface area contributed by atoms with Gasteiger partial charge in [-0.05, 0) is 23.8 Å². The molecule has 0 saturated heterocycles. The minimum absolute atomic E-state index is 0.0639. The molecule has 5 nitrogen and oxygen atoms in total. The molecule has 0 spiro atoms. The fraction of sp³-hybridized carbons (Fsp3) is 0.389. The molecular weight excluding hydrogens is 347 g/mol. The molecule has 0 fully saturated rings. The first kappa shape index (κ1) is 19.7. The Hall–Kier alpha value is -2.64. The van der Waals surface area contributed by atoms with E-state index in [2.05, 4.69) is 20.0 Å². The van der Waals surface area contributed by atoms with E-state index in [1.54, 1.807) is 24.4 Å². The smallest absolute Gasteiger partial charge is 0.422 e. The summed E-state index contributed by atoms with van der Waals surface area (Å²) < 4.78 is 41.0. The third-order valence-electron chi connectivity index (χ3n) is 3.28. The van der Waals surface area contributed by atoms with Crippen LogP contribution in [0.5, 0.6) is 5.75 Å². The van der Waals surface area contributed by atoms with Crippen LogP contribution in [0.3, 0.4) is 0 Å². The van der Waals surface area contributed by atoms with Gasteiger partial charge in [0.25, 0.3) is 0 Å². The first-order valence-corrected chi connectivity index (χ1v) is 7.95. The minimum atomic E-state index is -4.39. The summed E-state index contributed by atoms with van der Waals surface area (Å²) in [5.74, 6) is 0.825. The second-order valence-electron chi connectivity index (χ2n) is 6.79. The third kappa shape index (κ3) is 6.34. The number of ether oxygens (including phenoxy) is 1. The number of nitrogens with zero attached hydrogens (tertiary/aromatic N) is 2. The SMILES string of the molecule is CC(C)(C)c1nccc(NC(=O)Cc2ccc(OCC(F)(F)F)cc2)n1. The van der Waals surface area contributed by atoms with Gasteiger partial charge < -0.3 is 10.1 Å². The molecule has 1 aromatic heterocycles. The van der Waals surface area contributed by atoms with Crippen LogP contribution in [0, 0.1) is 0 Å². The molecule has 0 aliphatic rings. The predicted octanol–water partition coefficient (Wildman–Crippen LogP) is 3.90. The van der Waals surface area contributed by atoms with E-state index in [9.17, 15) is 18.0 Å². The topological polar surface area (TPSA) is 64.1 Å². The van der Waals surface area contributed by atoms with Crippen LogP contribution in [0.2, 0.25) is 0 Å². The Morgan fingerprint density at radius 2 is 1.77 bits per heavy atom. The summed E-state index contributed by atoms with van der Waals surface area (Å²) in [5, 5.41) is 2.69. The lowest BCUT2D eigenvalue weighted by Crippen LogP contribution is -2.20. The van der Waals surface area contributed by atoms with E-state index in [-0.39, 0.29) is 23.5 Å². The summed E-state index contributed by atoms with van der Waals surface area (Å²) in [6.45, 7) is 4.56. The predicted molar refractivity (Wildman–Crippen MR) is 91.1 cm³/mol. The maximum atomic E-state index is 12.1. The number of anilines is 1. The first-order chi connectivity index (χ1) is 12.0. The number of nitrogens with one attached hydrogen (secondary N) is 1. The molecule has 1 aromatic carbocycles. The Labute approximate surface area is 149 Å². The van der Waals surface area contributed by atoms with Crippen molar-refractivity contribution < 1.29 is 22.7 Å². The van der Waals surface area contributed by atoms with Crippen molar-refractivity contribution in [3.05, 3.63) is 47.9 Å². The summed E-state index contributed by atoms with van der Waals surface area (Å²) in [6.07, 6.45) is -2.74. The quantitative estimate of drug-likeness (QED) is 0.871. The monoisotopic (exact) mass is 367 g/mol. The highest BCUT2D eigenvalue weighted by Gasteiger charge is 2.28. The molecule has 26 heavy (non-hydrogen) atoms. The molecule has 0 atom stereocenters. The number of hydrogen-bond donors (Lipinski definition) is 1. The van der Waals surface area contributed by atoms with E-state index < -0.39 is 12.8 Å². The largest absolute Gasteiger partial charge is 0.484 e. The van der Waals surface area contributed by atoms with Crippen molar-refractivity contribution in [1.29, 1.82) is 0 Å². The minimum Gasteiger partial charge on any atom is -0.484 e. The molecule has 140 valence electrons. The van der Waals surface area contributed by atoms with Crippen LogP contribution in [-0.4, -0.2) is 28.7 Å². The molecule has 0 radical (unpaired) electrons. The van der Waals surface area contributed by atoms with Crippen LogP contribution in [0.15, 0.2) is 36.5 Å². The zero-order chi connectivity index (χ0) is 19.4. The number of alkyl halides is 3. The average molecular weight is 367 g/mol. The number of halogens is 3. The zero-order valence-corrected chi connectivity index (χ0v) is 14.7. The number of rotatable bonds is 5. The lowest BCUT2D eigenvalue weighted by atomic mass is 9.96. The van der Waals surface area contributed by atoms with Gasteiger partial charge in [0.15, 0.2) is 6.61 Å². The van der Waals surface area contributed by atoms with E-state index >= 15 is 0 Å². The fourth-order valence-corrected chi connectivity index (χ4v) is 2.03. The van der Waals surface area contributed by atoms with Crippen LogP contribution in [0.1, 0.15) is 32.2 Å². The molecule has 1 N–H and O–H groups in total. The molecule has 0 aliphatic carbocycles. The van der Waals surface area contributed by atoms with Gasteiger partial charge in [0, 0.05) is 11.6 Å². The van der Waals surface area contributed by atoms with Gasteiger partial charge in [0.05, 0.1) is 6.42 Å². The summed E-state index contributed by atoms with van der Waals surface area (Å²) >= 11 is 0. The van der Waals surface area contributed by atoms with Gasteiger partial charge in [0.1, 0.15) is 17.4 Å². The van der Waals surface area contributed by atoms with Gasteiger partial charge >= 0.3 is 6.18 Å². The van der Waals surface area contributed by atoms with Crippen molar-refractivity contribution >= 4 is 11.7 Å². The van der Waals surface area contributed by atoms with E-state index in [4.69, 9.17) is 0 Å². The third-order valence-corrected chi connectivity index (χ3v) is 3.28. The molecule has 0 saturated carbocycles. The second-order valence-corrected chi connectivity index (χ2v) is 6.79. The Morgan fingerprint density at radius 1 is 1.12 bits per heavy atom. The number of hydrogen-bond acceptors (Lipinski definition) is 4. The molecule has 0 unspecified atom stereocenters. The Balaban J connectivity index is 1.94. The van der Waals surface area contributed by atoms with Crippen molar-refractivity contribution in [2.24, 2.45) is 0 Å². The highest BCUT2D eigenvalue weighted by Crippen LogP contribution is 2.20. The number of amides is 1. The lowest BCUT2D eigenvalue weighted by molar-refractivity contribution is -0.153. The van der Waals surface area contributed by atoms with E-state index in [0.717, 1.165) is 0 Å². The summed E-state index contributed by atoms with van der Waals surface area (Å²) in [5.41, 5.74) is 0.402. The van der Waals surface area contributed by atoms with Crippen LogP contribution >= 0.6 is 0 Å². The highest BCUT2D eigenvalue weighted by atomic mass is 19.4. The summed E-state index contributed by atoms with van der Waals surface area (Å²) in [4.78, 5) is 20.6. The van der Waals surface area contributed by atoms with Gasteiger partial charge in [-0.1, -0.05) is 32.9 Å². The molecule has 1 heterocycles. The fourth-order valence-electron chi connectivity index (χ4n) is 2.03. The second kappa shape index (κ2) is 7.72. The van der Waals surface area contributed by atoms with Crippen molar-refractivity contribution in [2.75, 3.05) is 11.9 Å². The summed E-state index contributed by atoms with van der Waals surface area (Å²) in [7, 11) is 0. The standard InChI is InChI=1S/C18H20F3N3O2/c1-17(2,3)16-22-9-8-14(24-16)23-15(25)10-12-4-6-13(7-5-12)26-11-18(19,20)21/h4-9H,10-11H2,1-3H3,(H,22,23,24,25). The number of benzene rings is 1. The van der Waals surface area contributed by atoms with Gasteiger partial charge in [-0.2, -0.15) is 13.2 Å². The van der Waals surface area contributed by atoms with E-state index in [1.807, 2.05) is 20.8 Å². The van der Waals surface area contributed by atoms with Crippen LogP contribution in [0.25, 0.3) is 0 Å². The summed E-state index contributed by atoms with van der Waals surface area (Å²) in [6, 6.07) is 7.49. The number of carbonyl (C=O) groups excluding carboxylic acids is 1. The van der Waals surface area contributed by atoms with Gasteiger partial charge in [-0.3, -0.25) is 4.79 Å². The van der Waals surface area contributed by atoms with Crippen LogP contribution < -0.4 is 10.1 Å². The normalized spacial score (nSPS) is 11.9. The number of aromatic nitrogens is 2.